The number of nitrogens with one attached hydrogen (secondary N) is 1. The zero-order valence-electron chi connectivity index (χ0n) is 11.6. The molecule has 0 saturated heterocycles. The first kappa shape index (κ1) is 15.9. The summed E-state index contributed by atoms with van der Waals surface area (Å²) in [5.41, 5.74) is 0.00947. The molecule has 2 N–H and O–H groups in total. The standard InChI is InChI=1S/C13H27NO4/c1-3-17-7-8-18-10-12(15)9-14-11-13(16-2)5-4-6-13/h12,14-15H,3-11H2,1-2H3. The lowest BCUT2D eigenvalue weighted by molar-refractivity contribution is -0.0714. The number of hydrogen-bond acceptors (Lipinski definition) is 5. The van der Waals surface area contributed by atoms with Crippen LogP contribution in [0, 0.1) is 0 Å². The highest BCUT2D eigenvalue weighted by Gasteiger charge is 2.36. The second-order valence-corrected chi connectivity index (χ2v) is 4.80. The monoisotopic (exact) mass is 261 g/mol. The van der Waals surface area contributed by atoms with Crippen molar-refractivity contribution in [3.05, 3.63) is 0 Å². The van der Waals surface area contributed by atoms with Crippen molar-refractivity contribution < 1.29 is 19.3 Å². The van der Waals surface area contributed by atoms with E-state index in [2.05, 4.69) is 5.32 Å². The molecule has 108 valence electrons. The minimum Gasteiger partial charge on any atom is -0.389 e. The lowest BCUT2D eigenvalue weighted by atomic mass is 9.80. The third kappa shape index (κ3) is 5.63. The second-order valence-electron chi connectivity index (χ2n) is 4.80. The Morgan fingerprint density at radius 2 is 2.00 bits per heavy atom. The van der Waals surface area contributed by atoms with Crippen LogP contribution in [0.5, 0.6) is 0 Å². The van der Waals surface area contributed by atoms with Crippen LogP contribution in [0.2, 0.25) is 0 Å². The molecule has 1 aliphatic carbocycles. The fourth-order valence-corrected chi connectivity index (χ4v) is 2.03. The summed E-state index contributed by atoms with van der Waals surface area (Å²) in [6.07, 6.45) is 2.98. The van der Waals surface area contributed by atoms with Gasteiger partial charge in [0.15, 0.2) is 0 Å². The Kier molecular flexibility index (Phi) is 7.77. The lowest BCUT2D eigenvalue weighted by Gasteiger charge is -2.40. The molecular weight excluding hydrogens is 234 g/mol. The Balaban J connectivity index is 1.94. The molecule has 0 spiro atoms. The van der Waals surface area contributed by atoms with E-state index >= 15 is 0 Å². The van der Waals surface area contributed by atoms with Gasteiger partial charge in [-0.05, 0) is 26.2 Å². The highest BCUT2D eigenvalue weighted by molar-refractivity contribution is 4.91. The SMILES string of the molecule is CCOCCOCC(O)CNCC1(OC)CCC1. The van der Waals surface area contributed by atoms with E-state index in [-0.39, 0.29) is 5.60 Å². The summed E-state index contributed by atoms with van der Waals surface area (Å²) in [7, 11) is 1.76. The molecule has 0 radical (unpaired) electrons. The first-order chi connectivity index (χ1) is 8.72. The van der Waals surface area contributed by atoms with Gasteiger partial charge in [0.2, 0.25) is 0 Å². The maximum atomic E-state index is 9.70. The van der Waals surface area contributed by atoms with Crippen molar-refractivity contribution in [3.8, 4) is 0 Å². The number of hydrogen-bond donors (Lipinski definition) is 2. The summed E-state index contributed by atoms with van der Waals surface area (Å²) in [5, 5.41) is 12.9. The van der Waals surface area contributed by atoms with Crippen LogP contribution < -0.4 is 5.32 Å². The van der Waals surface area contributed by atoms with Crippen molar-refractivity contribution >= 4 is 0 Å². The molecule has 1 fully saturated rings. The van der Waals surface area contributed by atoms with Crippen LogP contribution in [0.3, 0.4) is 0 Å². The average Bonchev–Trinajstić information content (AvgIpc) is 2.32. The molecule has 1 aliphatic rings. The van der Waals surface area contributed by atoms with E-state index in [1.54, 1.807) is 7.11 Å². The fourth-order valence-electron chi connectivity index (χ4n) is 2.03. The van der Waals surface area contributed by atoms with E-state index < -0.39 is 6.10 Å². The number of methoxy groups -OCH3 is 1. The summed E-state index contributed by atoms with van der Waals surface area (Å²) >= 11 is 0. The van der Waals surface area contributed by atoms with Crippen molar-refractivity contribution in [2.75, 3.05) is 46.6 Å². The van der Waals surface area contributed by atoms with E-state index in [0.29, 0.717) is 33.0 Å². The fraction of sp³-hybridized carbons (Fsp3) is 1.00. The molecule has 0 amide bonds. The molecule has 0 aliphatic heterocycles. The molecule has 5 heteroatoms. The summed E-state index contributed by atoms with van der Waals surface area (Å²) in [6, 6.07) is 0. The number of aliphatic hydroxyl groups excluding tert-OH is 1. The Morgan fingerprint density at radius 3 is 2.56 bits per heavy atom. The van der Waals surface area contributed by atoms with Gasteiger partial charge in [-0.2, -0.15) is 0 Å². The van der Waals surface area contributed by atoms with Crippen molar-refractivity contribution in [3.63, 3.8) is 0 Å². The summed E-state index contributed by atoms with van der Waals surface area (Å²) in [5.74, 6) is 0. The first-order valence-corrected chi connectivity index (χ1v) is 6.82. The minimum absolute atomic E-state index is 0.00947. The molecule has 18 heavy (non-hydrogen) atoms. The highest BCUT2D eigenvalue weighted by atomic mass is 16.5. The van der Waals surface area contributed by atoms with Gasteiger partial charge >= 0.3 is 0 Å². The van der Waals surface area contributed by atoms with Crippen LogP contribution in [0.15, 0.2) is 0 Å². The smallest absolute Gasteiger partial charge is 0.0897 e. The predicted octanol–water partition coefficient (Wildman–Crippen LogP) is 0.559. The Hall–Kier alpha value is -0.200. The molecule has 1 saturated carbocycles. The Bertz CT molecular complexity index is 204. The van der Waals surface area contributed by atoms with Crippen molar-refractivity contribution in [1.29, 1.82) is 0 Å². The van der Waals surface area contributed by atoms with Crippen molar-refractivity contribution in [1.82, 2.24) is 5.32 Å². The van der Waals surface area contributed by atoms with Gasteiger partial charge in [-0.25, -0.2) is 0 Å². The Morgan fingerprint density at radius 1 is 1.28 bits per heavy atom. The first-order valence-electron chi connectivity index (χ1n) is 6.82. The maximum Gasteiger partial charge on any atom is 0.0897 e. The predicted molar refractivity (Wildman–Crippen MR) is 69.8 cm³/mol. The number of aliphatic hydroxyl groups is 1. The van der Waals surface area contributed by atoms with Gasteiger partial charge in [0.25, 0.3) is 0 Å². The van der Waals surface area contributed by atoms with E-state index in [9.17, 15) is 5.11 Å². The van der Waals surface area contributed by atoms with Gasteiger partial charge in [0, 0.05) is 26.8 Å². The van der Waals surface area contributed by atoms with Gasteiger partial charge in [0.05, 0.1) is 31.5 Å². The molecule has 1 unspecified atom stereocenters. The molecule has 0 bridgehead atoms. The molecular formula is C13H27NO4. The van der Waals surface area contributed by atoms with Crippen LogP contribution >= 0.6 is 0 Å². The highest BCUT2D eigenvalue weighted by Crippen LogP contribution is 2.34. The molecule has 1 rings (SSSR count). The third-order valence-electron chi connectivity index (χ3n) is 3.41. The Labute approximate surface area is 110 Å². The van der Waals surface area contributed by atoms with Crippen LogP contribution in [0.25, 0.3) is 0 Å². The zero-order chi connectivity index (χ0) is 13.3. The van der Waals surface area contributed by atoms with Gasteiger partial charge in [-0.3, -0.25) is 0 Å². The van der Waals surface area contributed by atoms with Gasteiger partial charge < -0.3 is 24.6 Å². The van der Waals surface area contributed by atoms with Gasteiger partial charge in [-0.15, -0.1) is 0 Å². The molecule has 0 aromatic heterocycles. The summed E-state index contributed by atoms with van der Waals surface area (Å²) in [4.78, 5) is 0. The van der Waals surface area contributed by atoms with Gasteiger partial charge in [-0.1, -0.05) is 0 Å². The van der Waals surface area contributed by atoms with Crippen molar-refractivity contribution in [2.45, 2.75) is 37.9 Å². The zero-order valence-corrected chi connectivity index (χ0v) is 11.6. The minimum atomic E-state index is -0.472. The molecule has 0 heterocycles. The van der Waals surface area contributed by atoms with Crippen LogP contribution in [0.4, 0.5) is 0 Å². The largest absolute Gasteiger partial charge is 0.389 e. The van der Waals surface area contributed by atoms with E-state index in [1.807, 2.05) is 6.92 Å². The van der Waals surface area contributed by atoms with Crippen LogP contribution in [-0.2, 0) is 14.2 Å². The number of rotatable bonds is 11. The number of ether oxygens (including phenoxy) is 3. The quantitative estimate of drug-likeness (QED) is 0.532. The summed E-state index contributed by atoms with van der Waals surface area (Å²) < 4.78 is 15.9. The van der Waals surface area contributed by atoms with E-state index in [0.717, 1.165) is 19.4 Å². The topological polar surface area (TPSA) is 60.0 Å². The van der Waals surface area contributed by atoms with Crippen molar-refractivity contribution in [2.24, 2.45) is 0 Å². The van der Waals surface area contributed by atoms with E-state index in [1.165, 1.54) is 6.42 Å². The average molecular weight is 261 g/mol. The van der Waals surface area contributed by atoms with E-state index in [4.69, 9.17) is 14.2 Å². The third-order valence-corrected chi connectivity index (χ3v) is 3.41. The molecule has 0 aromatic carbocycles. The maximum absolute atomic E-state index is 9.70. The summed E-state index contributed by atoms with van der Waals surface area (Å²) in [6.45, 7) is 5.47. The lowest BCUT2D eigenvalue weighted by Crippen LogP contribution is -2.49. The molecule has 1 atom stereocenters. The molecule has 5 nitrogen and oxygen atoms in total. The normalized spacial score (nSPS) is 19.5. The molecule has 0 aromatic rings. The van der Waals surface area contributed by atoms with Crippen LogP contribution in [0.1, 0.15) is 26.2 Å². The van der Waals surface area contributed by atoms with Crippen LogP contribution in [-0.4, -0.2) is 63.4 Å². The van der Waals surface area contributed by atoms with Gasteiger partial charge in [0.1, 0.15) is 0 Å². The second kappa shape index (κ2) is 8.82.